The first kappa shape index (κ1) is 11.6. The number of aldehydes is 1. The van der Waals surface area contributed by atoms with E-state index in [2.05, 4.69) is 32.9 Å². The molecule has 0 radical (unpaired) electrons. The van der Waals surface area contributed by atoms with Crippen LogP contribution in [0.15, 0.2) is 23.3 Å². The lowest BCUT2D eigenvalue weighted by Gasteiger charge is -2.05. The maximum atomic E-state index is 11.2. The molecule has 16 heavy (non-hydrogen) atoms. The summed E-state index contributed by atoms with van der Waals surface area (Å²) in [5.74, 6) is 1.09. The second-order valence-electron chi connectivity index (χ2n) is 5.76. The van der Waals surface area contributed by atoms with Crippen LogP contribution < -0.4 is 0 Å². The SMILES string of the molecule is C/C1=C/[C@@H]2[C@@H](CC/C(C)=C/CC1)C2(C)C=O. The summed E-state index contributed by atoms with van der Waals surface area (Å²) < 4.78 is 0. The van der Waals surface area contributed by atoms with Crippen molar-refractivity contribution in [3.05, 3.63) is 23.3 Å². The molecule has 2 rings (SSSR count). The van der Waals surface area contributed by atoms with Crippen molar-refractivity contribution in [1.82, 2.24) is 0 Å². The number of carbonyl (C=O) groups excluding carboxylic acids is 1. The van der Waals surface area contributed by atoms with Crippen molar-refractivity contribution < 1.29 is 4.79 Å². The molecule has 2 aliphatic carbocycles. The predicted octanol–water partition coefficient (Wildman–Crippen LogP) is 3.90. The van der Waals surface area contributed by atoms with E-state index in [-0.39, 0.29) is 5.41 Å². The standard InChI is InChI=1S/C15H22O/c1-11-5-4-6-12(2)9-14-13(8-7-11)15(14,3)10-16/h5,9-10,13-14H,4,6-8H2,1-3H3/b11-5+,12-9-/t13-,14-,15?/m1/s1. The minimum Gasteiger partial charge on any atom is -0.303 e. The predicted molar refractivity (Wildman–Crippen MR) is 67.1 cm³/mol. The van der Waals surface area contributed by atoms with Crippen LogP contribution in [0.4, 0.5) is 0 Å². The van der Waals surface area contributed by atoms with Gasteiger partial charge in [0.15, 0.2) is 0 Å². The van der Waals surface area contributed by atoms with Gasteiger partial charge in [-0.1, -0.05) is 30.2 Å². The lowest BCUT2D eigenvalue weighted by Crippen LogP contribution is -2.00. The van der Waals surface area contributed by atoms with Crippen LogP contribution in [0.3, 0.4) is 0 Å². The third kappa shape index (κ3) is 2.00. The van der Waals surface area contributed by atoms with E-state index >= 15 is 0 Å². The van der Waals surface area contributed by atoms with E-state index in [1.807, 2.05) is 0 Å². The molecular formula is C15H22O. The first-order valence-corrected chi connectivity index (χ1v) is 6.37. The molecule has 0 aromatic carbocycles. The summed E-state index contributed by atoms with van der Waals surface area (Å²) in [5.41, 5.74) is 2.88. The highest BCUT2D eigenvalue weighted by Crippen LogP contribution is 2.60. The van der Waals surface area contributed by atoms with Gasteiger partial charge in [0.1, 0.15) is 6.29 Å². The highest BCUT2D eigenvalue weighted by atomic mass is 16.1. The summed E-state index contributed by atoms with van der Waals surface area (Å²) in [6.45, 7) is 6.54. The lowest BCUT2D eigenvalue weighted by molar-refractivity contribution is -0.112. The van der Waals surface area contributed by atoms with Crippen molar-refractivity contribution in [2.24, 2.45) is 17.3 Å². The number of allylic oxidation sites excluding steroid dienone is 4. The second-order valence-corrected chi connectivity index (χ2v) is 5.76. The molecular weight excluding hydrogens is 196 g/mol. The molecule has 2 aliphatic rings. The first-order chi connectivity index (χ1) is 7.58. The van der Waals surface area contributed by atoms with Crippen LogP contribution in [0.2, 0.25) is 0 Å². The summed E-state index contributed by atoms with van der Waals surface area (Å²) in [4.78, 5) is 11.2. The normalized spacial score (nSPS) is 45.7. The number of rotatable bonds is 1. The number of carbonyl (C=O) groups is 1. The van der Waals surface area contributed by atoms with Gasteiger partial charge in [-0.2, -0.15) is 0 Å². The Kier molecular flexibility index (Phi) is 3.05. The van der Waals surface area contributed by atoms with Gasteiger partial charge in [-0.25, -0.2) is 0 Å². The molecule has 0 bridgehead atoms. The van der Waals surface area contributed by atoms with Gasteiger partial charge >= 0.3 is 0 Å². The van der Waals surface area contributed by atoms with Gasteiger partial charge in [0.05, 0.1) is 0 Å². The third-order valence-corrected chi connectivity index (χ3v) is 4.44. The Balaban J connectivity index is 2.18. The number of fused-ring (bicyclic) bond motifs is 1. The fraction of sp³-hybridized carbons (Fsp3) is 0.667. The molecule has 0 saturated heterocycles. The Bertz CT molecular complexity index is 350. The molecule has 1 fully saturated rings. The van der Waals surface area contributed by atoms with Gasteiger partial charge in [-0.15, -0.1) is 0 Å². The molecule has 3 atom stereocenters. The van der Waals surface area contributed by atoms with E-state index in [0.717, 1.165) is 19.3 Å². The number of hydrogen-bond acceptors (Lipinski definition) is 1. The molecule has 1 saturated carbocycles. The van der Waals surface area contributed by atoms with Crippen molar-refractivity contribution in [2.75, 3.05) is 0 Å². The molecule has 1 nitrogen and oxygen atoms in total. The molecule has 88 valence electrons. The van der Waals surface area contributed by atoms with E-state index in [4.69, 9.17) is 0 Å². The van der Waals surface area contributed by atoms with Gasteiger partial charge in [0, 0.05) is 5.41 Å². The molecule has 0 heterocycles. The molecule has 0 amide bonds. The maximum Gasteiger partial charge on any atom is 0.126 e. The van der Waals surface area contributed by atoms with Crippen LogP contribution >= 0.6 is 0 Å². The smallest absolute Gasteiger partial charge is 0.126 e. The summed E-state index contributed by atoms with van der Waals surface area (Å²) in [7, 11) is 0. The molecule has 1 unspecified atom stereocenters. The highest BCUT2D eigenvalue weighted by molar-refractivity contribution is 5.66. The summed E-state index contributed by atoms with van der Waals surface area (Å²) >= 11 is 0. The third-order valence-electron chi connectivity index (χ3n) is 4.44. The highest BCUT2D eigenvalue weighted by Gasteiger charge is 2.59. The summed E-state index contributed by atoms with van der Waals surface area (Å²) in [5, 5.41) is 0. The lowest BCUT2D eigenvalue weighted by atomic mass is 10.0. The molecule has 0 aromatic heterocycles. The second kappa shape index (κ2) is 4.20. The Hall–Kier alpha value is -0.850. The van der Waals surface area contributed by atoms with Crippen LogP contribution in [0.1, 0.15) is 46.5 Å². The molecule has 0 aromatic rings. The van der Waals surface area contributed by atoms with Crippen molar-refractivity contribution in [1.29, 1.82) is 0 Å². The monoisotopic (exact) mass is 218 g/mol. The minimum absolute atomic E-state index is 0.0636. The minimum atomic E-state index is -0.0636. The Morgan fingerprint density at radius 3 is 2.75 bits per heavy atom. The van der Waals surface area contributed by atoms with E-state index in [9.17, 15) is 4.79 Å². The van der Waals surface area contributed by atoms with Crippen molar-refractivity contribution in [2.45, 2.75) is 46.5 Å². The maximum absolute atomic E-state index is 11.2. The number of hydrogen-bond donors (Lipinski definition) is 0. The Morgan fingerprint density at radius 2 is 2.06 bits per heavy atom. The van der Waals surface area contributed by atoms with Crippen LogP contribution in [0.25, 0.3) is 0 Å². The van der Waals surface area contributed by atoms with E-state index in [0.29, 0.717) is 11.8 Å². The van der Waals surface area contributed by atoms with Gasteiger partial charge in [0.25, 0.3) is 0 Å². The topological polar surface area (TPSA) is 17.1 Å². The zero-order valence-corrected chi connectivity index (χ0v) is 10.6. The zero-order valence-electron chi connectivity index (χ0n) is 10.6. The van der Waals surface area contributed by atoms with Crippen molar-refractivity contribution in [3.8, 4) is 0 Å². The van der Waals surface area contributed by atoms with Crippen molar-refractivity contribution in [3.63, 3.8) is 0 Å². The molecule has 1 heteroatoms. The average molecular weight is 218 g/mol. The van der Waals surface area contributed by atoms with Gasteiger partial charge < -0.3 is 4.79 Å². The first-order valence-electron chi connectivity index (χ1n) is 6.37. The Labute approximate surface area is 98.6 Å². The zero-order chi connectivity index (χ0) is 11.8. The van der Waals surface area contributed by atoms with Gasteiger partial charge in [-0.05, 0) is 51.4 Å². The molecule has 0 N–H and O–H groups in total. The van der Waals surface area contributed by atoms with E-state index in [1.54, 1.807) is 0 Å². The van der Waals surface area contributed by atoms with Crippen LogP contribution in [-0.2, 0) is 4.79 Å². The summed E-state index contributed by atoms with van der Waals surface area (Å²) in [6.07, 6.45) is 10.5. The Morgan fingerprint density at radius 1 is 1.31 bits per heavy atom. The largest absolute Gasteiger partial charge is 0.303 e. The van der Waals surface area contributed by atoms with Gasteiger partial charge in [-0.3, -0.25) is 0 Å². The van der Waals surface area contributed by atoms with Crippen LogP contribution in [0.5, 0.6) is 0 Å². The van der Waals surface area contributed by atoms with E-state index < -0.39 is 0 Å². The molecule has 0 spiro atoms. The van der Waals surface area contributed by atoms with Gasteiger partial charge in [0.2, 0.25) is 0 Å². The van der Waals surface area contributed by atoms with E-state index in [1.165, 1.54) is 23.9 Å². The molecule has 0 aliphatic heterocycles. The van der Waals surface area contributed by atoms with Crippen LogP contribution in [-0.4, -0.2) is 6.29 Å². The quantitative estimate of drug-likeness (QED) is 0.482. The van der Waals surface area contributed by atoms with Crippen molar-refractivity contribution >= 4 is 6.29 Å². The fourth-order valence-corrected chi connectivity index (χ4v) is 3.03. The average Bonchev–Trinajstić information content (AvgIpc) is 2.81. The van der Waals surface area contributed by atoms with Crippen LogP contribution in [0, 0.1) is 17.3 Å². The summed E-state index contributed by atoms with van der Waals surface area (Å²) in [6, 6.07) is 0. The fourth-order valence-electron chi connectivity index (χ4n) is 3.03.